The van der Waals surface area contributed by atoms with Crippen LogP contribution in [0.2, 0.25) is 0 Å². The summed E-state index contributed by atoms with van der Waals surface area (Å²) in [5.41, 5.74) is 2.06. The fourth-order valence-corrected chi connectivity index (χ4v) is 2.96. The minimum absolute atomic E-state index is 0. The van der Waals surface area contributed by atoms with Crippen LogP contribution in [-0.2, 0) is 17.8 Å². The highest BCUT2D eigenvalue weighted by atomic mass is 35.5. The summed E-state index contributed by atoms with van der Waals surface area (Å²) in [5.74, 6) is 1.84. The Kier molecular flexibility index (Phi) is 5.01. The van der Waals surface area contributed by atoms with Crippen molar-refractivity contribution in [3.05, 3.63) is 29.7 Å². The molecule has 128 valence electrons. The molecule has 2 aromatic rings. The van der Waals surface area contributed by atoms with Gasteiger partial charge < -0.3 is 19.9 Å². The van der Waals surface area contributed by atoms with Crippen molar-refractivity contribution in [3.63, 3.8) is 0 Å². The second-order valence-electron chi connectivity index (χ2n) is 5.80. The van der Waals surface area contributed by atoms with Crippen LogP contribution >= 0.6 is 12.4 Å². The van der Waals surface area contributed by atoms with Gasteiger partial charge in [-0.25, -0.2) is 0 Å². The number of amides is 1. The Morgan fingerprint density at radius 2 is 2.33 bits per heavy atom. The molecule has 1 atom stereocenters. The summed E-state index contributed by atoms with van der Waals surface area (Å²) < 4.78 is 10.7. The van der Waals surface area contributed by atoms with E-state index in [2.05, 4.69) is 20.8 Å². The summed E-state index contributed by atoms with van der Waals surface area (Å²) in [4.78, 5) is 16.3. The normalized spacial score (nSPS) is 18.6. The molecule has 24 heavy (non-hydrogen) atoms. The fourth-order valence-electron chi connectivity index (χ4n) is 2.96. The molecule has 0 saturated carbocycles. The van der Waals surface area contributed by atoms with Crippen molar-refractivity contribution in [1.82, 2.24) is 20.8 Å². The molecular formula is C16H19ClN4O3. The summed E-state index contributed by atoms with van der Waals surface area (Å²) in [6.07, 6.45) is 2.81. The topological polar surface area (TPSA) is 89.3 Å². The van der Waals surface area contributed by atoms with E-state index in [0.717, 1.165) is 49.3 Å². The van der Waals surface area contributed by atoms with Gasteiger partial charge in [-0.3, -0.25) is 4.79 Å². The zero-order valence-electron chi connectivity index (χ0n) is 13.1. The van der Waals surface area contributed by atoms with Crippen LogP contribution in [-0.4, -0.2) is 35.2 Å². The van der Waals surface area contributed by atoms with Gasteiger partial charge in [0.25, 0.3) is 0 Å². The lowest BCUT2D eigenvalue weighted by atomic mass is 10.1. The van der Waals surface area contributed by atoms with E-state index in [4.69, 9.17) is 9.26 Å². The van der Waals surface area contributed by atoms with Crippen molar-refractivity contribution in [2.24, 2.45) is 0 Å². The number of hydrogen-bond acceptors (Lipinski definition) is 6. The zero-order valence-corrected chi connectivity index (χ0v) is 13.9. The van der Waals surface area contributed by atoms with E-state index in [-0.39, 0.29) is 30.9 Å². The molecule has 0 bridgehead atoms. The second kappa shape index (κ2) is 7.19. The molecule has 2 aliphatic heterocycles. The standard InChI is InChI=1S/C16H18N4O3.ClH/c21-16(12-2-1-6-17-12)18-9-14-19-15(20-23-14)11-3-4-13-10(8-11)5-7-22-13;/h3-4,8,12,17H,1-2,5-7,9H2,(H,18,21);1H. The number of rotatable bonds is 4. The molecule has 1 saturated heterocycles. The van der Waals surface area contributed by atoms with Gasteiger partial charge in [-0.15, -0.1) is 12.4 Å². The molecule has 1 fully saturated rings. The highest BCUT2D eigenvalue weighted by Gasteiger charge is 2.22. The van der Waals surface area contributed by atoms with Gasteiger partial charge in [0.2, 0.25) is 17.6 Å². The molecule has 3 heterocycles. The van der Waals surface area contributed by atoms with Gasteiger partial charge in [0.1, 0.15) is 5.75 Å². The number of nitrogens with zero attached hydrogens (tertiary/aromatic N) is 2. The van der Waals surface area contributed by atoms with Crippen LogP contribution in [0, 0.1) is 0 Å². The molecule has 8 heteroatoms. The van der Waals surface area contributed by atoms with E-state index in [1.54, 1.807) is 0 Å². The Hall–Kier alpha value is -2.12. The van der Waals surface area contributed by atoms with E-state index in [0.29, 0.717) is 11.7 Å². The highest BCUT2D eigenvalue weighted by molar-refractivity contribution is 5.85. The predicted octanol–water partition coefficient (Wildman–Crippen LogP) is 1.46. The number of nitrogens with one attached hydrogen (secondary N) is 2. The number of carbonyl (C=O) groups excluding carboxylic acids is 1. The van der Waals surface area contributed by atoms with Crippen LogP contribution in [0.15, 0.2) is 22.7 Å². The molecule has 1 aromatic carbocycles. The smallest absolute Gasteiger partial charge is 0.246 e. The van der Waals surface area contributed by atoms with Crippen LogP contribution in [0.4, 0.5) is 0 Å². The monoisotopic (exact) mass is 350 g/mol. The minimum Gasteiger partial charge on any atom is -0.493 e. The predicted molar refractivity (Wildman–Crippen MR) is 89.1 cm³/mol. The maximum atomic E-state index is 11.9. The highest BCUT2D eigenvalue weighted by Crippen LogP contribution is 2.29. The first-order chi connectivity index (χ1) is 11.3. The quantitative estimate of drug-likeness (QED) is 0.867. The van der Waals surface area contributed by atoms with Crippen molar-refractivity contribution >= 4 is 18.3 Å². The number of ether oxygens (including phenoxy) is 1. The molecule has 4 rings (SSSR count). The third kappa shape index (κ3) is 3.37. The SMILES string of the molecule is Cl.O=C(NCc1nc(-c2ccc3c(c2)CCO3)no1)C1CCCN1. The first-order valence-electron chi connectivity index (χ1n) is 7.89. The Balaban J connectivity index is 0.00000169. The lowest BCUT2D eigenvalue weighted by molar-refractivity contribution is -0.123. The summed E-state index contributed by atoms with van der Waals surface area (Å²) in [6, 6.07) is 5.77. The number of fused-ring (bicyclic) bond motifs is 1. The van der Waals surface area contributed by atoms with Gasteiger partial charge in [-0.05, 0) is 43.1 Å². The summed E-state index contributed by atoms with van der Waals surface area (Å²) >= 11 is 0. The van der Waals surface area contributed by atoms with Gasteiger partial charge in [-0.1, -0.05) is 5.16 Å². The summed E-state index contributed by atoms with van der Waals surface area (Å²) in [7, 11) is 0. The molecule has 1 aromatic heterocycles. The first-order valence-corrected chi connectivity index (χ1v) is 7.89. The van der Waals surface area contributed by atoms with Crippen molar-refractivity contribution in [3.8, 4) is 17.1 Å². The van der Waals surface area contributed by atoms with Gasteiger partial charge in [-0.2, -0.15) is 4.98 Å². The first kappa shape index (κ1) is 16.7. The van der Waals surface area contributed by atoms with Crippen molar-refractivity contribution < 1.29 is 14.1 Å². The van der Waals surface area contributed by atoms with E-state index in [9.17, 15) is 4.79 Å². The molecule has 1 amide bonds. The second-order valence-corrected chi connectivity index (χ2v) is 5.80. The van der Waals surface area contributed by atoms with Gasteiger partial charge in [0, 0.05) is 12.0 Å². The van der Waals surface area contributed by atoms with E-state index in [1.807, 2.05) is 18.2 Å². The van der Waals surface area contributed by atoms with Gasteiger partial charge >= 0.3 is 0 Å². The number of benzene rings is 1. The number of aromatic nitrogens is 2. The molecule has 0 radical (unpaired) electrons. The van der Waals surface area contributed by atoms with Gasteiger partial charge in [0.05, 0.1) is 19.2 Å². The Morgan fingerprint density at radius 3 is 3.17 bits per heavy atom. The van der Waals surface area contributed by atoms with Crippen LogP contribution in [0.3, 0.4) is 0 Å². The lowest BCUT2D eigenvalue weighted by Gasteiger charge is -2.08. The summed E-state index contributed by atoms with van der Waals surface area (Å²) in [5, 5.41) is 9.98. The number of carbonyl (C=O) groups is 1. The average Bonchev–Trinajstić information content (AvgIpc) is 3.32. The van der Waals surface area contributed by atoms with Crippen molar-refractivity contribution in [1.29, 1.82) is 0 Å². The molecule has 0 aliphatic carbocycles. The van der Waals surface area contributed by atoms with Crippen LogP contribution < -0.4 is 15.4 Å². The third-order valence-electron chi connectivity index (χ3n) is 4.21. The molecule has 2 N–H and O–H groups in total. The van der Waals surface area contributed by atoms with Crippen LogP contribution in [0.1, 0.15) is 24.3 Å². The maximum Gasteiger partial charge on any atom is 0.246 e. The van der Waals surface area contributed by atoms with Crippen molar-refractivity contribution in [2.75, 3.05) is 13.2 Å². The Morgan fingerprint density at radius 1 is 1.42 bits per heavy atom. The third-order valence-corrected chi connectivity index (χ3v) is 4.21. The molecule has 7 nitrogen and oxygen atoms in total. The number of hydrogen-bond donors (Lipinski definition) is 2. The molecule has 0 spiro atoms. The molecule has 2 aliphatic rings. The maximum absolute atomic E-state index is 11.9. The fraction of sp³-hybridized carbons (Fsp3) is 0.438. The van der Waals surface area contributed by atoms with E-state index in [1.165, 1.54) is 0 Å². The molecule has 1 unspecified atom stereocenters. The minimum atomic E-state index is -0.103. The molecular weight excluding hydrogens is 332 g/mol. The average molecular weight is 351 g/mol. The van der Waals surface area contributed by atoms with Gasteiger partial charge in [0.15, 0.2) is 0 Å². The Labute approximate surface area is 145 Å². The zero-order chi connectivity index (χ0) is 15.6. The lowest BCUT2D eigenvalue weighted by Crippen LogP contribution is -2.40. The Bertz CT molecular complexity index is 728. The van der Waals surface area contributed by atoms with Crippen molar-refractivity contribution in [2.45, 2.75) is 31.8 Å². The largest absolute Gasteiger partial charge is 0.493 e. The van der Waals surface area contributed by atoms with E-state index >= 15 is 0 Å². The van der Waals surface area contributed by atoms with Crippen LogP contribution in [0.25, 0.3) is 11.4 Å². The number of halogens is 1. The summed E-state index contributed by atoms with van der Waals surface area (Å²) in [6.45, 7) is 1.86. The van der Waals surface area contributed by atoms with Crippen LogP contribution in [0.5, 0.6) is 5.75 Å². The van der Waals surface area contributed by atoms with E-state index < -0.39 is 0 Å².